The number of aromatic nitrogens is 3. The van der Waals surface area contributed by atoms with Gasteiger partial charge in [-0.05, 0) is 105 Å². The number of hydrogen-bond donors (Lipinski definition) is 5. The molecule has 0 saturated carbocycles. The third-order valence-corrected chi connectivity index (χ3v) is 18.1. The maximum atomic E-state index is 16.1. The summed E-state index contributed by atoms with van der Waals surface area (Å²) in [5.74, 6) is -4.05. The molecule has 4 aliphatic heterocycles. The van der Waals surface area contributed by atoms with E-state index < -0.39 is 75.6 Å². The van der Waals surface area contributed by atoms with Gasteiger partial charge in [0.05, 0.1) is 46.9 Å². The molecule has 10 rings (SSSR count). The number of aliphatic hydroxyl groups excluding tert-OH is 1. The monoisotopic (exact) mass is 1170 g/mol. The molecule has 0 spiro atoms. The van der Waals surface area contributed by atoms with E-state index in [9.17, 15) is 37.4 Å². The molecular formula is C59H70F3N11O7S2. The van der Waals surface area contributed by atoms with Gasteiger partial charge < -0.3 is 30.5 Å². The number of benzene rings is 3. The van der Waals surface area contributed by atoms with E-state index in [0.29, 0.717) is 26.9 Å². The highest BCUT2D eigenvalue weighted by Gasteiger charge is 2.45. The van der Waals surface area contributed by atoms with Gasteiger partial charge in [-0.1, -0.05) is 57.2 Å². The number of aromatic amines is 1. The zero-order valence-corrected chi connectivity index (χ0v) is 48.3. The van der Waals surface area contributed by atoms with E-state index in [1.54, 1.807) is 23.6 Å². The topological polar surface area (TPSA) is 211 Å². The maximum Gasteiger partial charge on any atom is 0.277 e. The van der Waals surface area contributed by atoms with Crippen LogP contribution in [-0.4, -0.2) is 168 Å². The van der Waals surface area contributed by atoms with E-state index >= 15 is 8.78 Å². The number of hydrogen-bond acceptors (Lipinski definition) is 13. The molecule has 0 radical (unpaired) electrons. The molecule has 4 aliphatic rings. The molecule has 3 amide bonds. The van der Waals surface area contributed by atoms with Gasteiger partial charge >= 0.3 is 0 Å². The summed E-state index contributed by atoms with van der Waals surface area (Å²) in [4.78, 5) is 77.0. The van der Waals surface area contributed by atoms with Crippen LogP contribution in [0.5, 0.6) is 0 Å². The summed E-state index contributed by atoms with van der Waals surface area (Å²) in [7, 11) is 0. The van der Waals surface area contributed by atoms with Crippen molar-refractivity contribution in [3.05, 3.63) is 119 Å². The number of halogens is 3. The van der Waals surface area contributed by atoms with Crippen molar-refractivity contribution in [2.75, 3.05) is 81.3 Å². The van der Waals surface area contributed by atoms with Crippen LogP contribution in [0.15, 0.2) is 84.6 Å². The second-order valence-corrected chi connectivity index (χ2v) is 24.8. The number of β-amino-alcohol motifs (C(OH)–C–C–N with tert-alkyl or cyclic N) is 1. The van der Waals surface area contributed by atoms with Crippen molar-refractivity contribution in [1.29, 1.82) is 0 Å². The Morgan fingerprint density at radius 2 is 1.59 bits per heavy atom. The third-order valence-electron chi connectivity index (χ3n) is 16.4. The van der Waals surface area contributed by atoms with Crippen molar-refractivity contribution in [1.82, 2.24) is 45.3 Å². The van der Waals surface area contributed by atoms with Crippen LogP contribution in [0.3, 0.4) is 0 Å². The normalized spacial score (nSPS) is 20.7. The summed E-state index contributed by atoms with van der Waals surface area (Å²) in [6, 6.07) is 17.3. The molecule has 82 heavy (non-hydrogen) atoms. The number of H-pyrrole nitrogens is 1. The van der Waals surface area contributed by atoms with Crippen LogP contribution in [-0.2, 0) is 25.7 Å². The standard InChI is InChI=1S/C59H70F3N11O7S2/c1-35(38-6-8-40(9-7-38)54-36(2)65-34-81-54)66-57(77)49-27-44(74)32-72(49)58(78)55(59(3,4)5)67-50(75)33-68-19-16-37(17-20-68)30-69-22-24-70(25-23-69)43-12-10-39(11-13-43)41-26-45-46(29-64-56(45)63-28-41)53(76)51-47(61)14-15-48(52(51)62)73(82(79)80)71-21-18-42(60)31-71/h6-15,26,28-29,34-35,37,42,44,49,55,74H,16-25,27,30-33H2,1-5H3,(H,63,64)(H,66,77)(H,67,75)(H,79,80)/t35-,42-,44-,49+,55-/m1/s1. The molecule has 0 aliphatic carbocycles. The fourth-order valence-electron chi connectivity index (χ4n) is 11.8. The number of likely N-dealkylation sites (tertiary alicyclic amines) is 2. The van der Waals surface area contributed by atoms with E-state index in [4.69, 9.17) is 0 Å². The number of piperazine rings is 1. The summed E-state index contributed by atoms with van der Waals surface area (Å²) in [6.07, 6.45) is 2.82. The lowest BCUT2D eigenvalue weighted by molar-refractivity contribution is -0.144. The minimum atomic E-state index is -2.83. The molecule has 23 heteroatoms. The van der Waals surface area contributed by atoms with Crippen molar-refractivity contribution >= 4 is 68.5 Å². The van der Waals surface area contributed by atoms with Crippen LogP contribution in [0.25, 0.3) is 32.6 Å². The molecule has 4 fully saturated rings. The average Bonchev–Trinajstić information content (AvgIpc) is 4.35. The predicted molar refractivity (Wildman–Crippen MR) is 310 cm³/mol. The molecule has 6 aromatic rings. The number of piperidine rings is 1. The number of pyridine rings is 1. The molecule has 436 valence electrons. The van der Waals surface area contributed by atoms with Gasteiger partial charge in [-0.15, -0.1) is 11.3 Å². The second-order valence-electron chi connectivity index (χ2n) is 23.1. The Morgan fingerprint density at radius 1 is 0.878 bits per heavy atom. The number of aryl methyl sites for hydroxylation is 1. The number of hydrazine groups is 1. The van der Waals surface area contributed by atoms with E-state index in [1.807, 2.05) is 88.7 Å². The first-order valence-corrected chi connectivity index (χ1v) is 29.8. The van der Waals surface area contributed by atoms with Crippen molar-refractivity contribution in [2.24, 2.45) is 11.3 Å². The van der Waals surface area contributed by atoms with Gasteiger partial charge in [0.25, 0.3) is 11.3 Å². The number of aliphatic hydroxyl groups is 1. The zero-order chi connectivity index (χ0) is 58.1. The lowest BCUT2D eigenvalue weighted by atomic mass is 9.85. The van der Waals surface area contributed by atoms with Gasteiger partial charge in [-0.2, -0.15) is 4.41 Å². The molecule has 1 unspecified atom stereocenters. The number of carbonyl (C=O) groups is 4. The number of fused-ring (bicyclic) bond motifs is 1. The first kappa shape index (κ1) is 58.6. The predicted octanol–water partition coefficient (Wildman–Crippen LogP) is 7.28. The number of nitrogens with one attached hydrogen (secondary N) is 3. The zero-order valence-electron chi connectivity index (χ0n) is 46.6. The Balaban J connectivity index is 0.687. The number of carbonyl (C=O) groups excluding carboxylic acids is 4. The lowest BCUT2D eigenvalue weighted by Crippen LogP contribution is -2.59. The SMILES string of the molecule is Cc1ncsc1-c1ccc([C@@H](C)NC(=O)[C@@H]2C[C@@H](O)CN2C(=O)[C@@H](NC(=O)CN2CCC(CN3CCN(c4ccc(-c5cnc6[nH]cc(C(=O)c7c(F)ccc(N(N8CC[C@@H](F)C8)S(=O)O)c7F)c6c5)cc4)CC3)CC2)C(C)(C)C)cc1. The van der Waals surface area contributed by atoms with Crippen molar-refractivity contribution in [2.45, 2.75) is 90.7 Å². The van der Waals surface area contributed by atoms with E-state index in [1.165, 1.54) is 11.1 Å². The van der Waals surface area contributed by atoms with Crippen molar-refractivity contribution in [3.63, 3.8) is 0 Å². The second kappa shape index (κ2) is 24.7. The Bertz CT molecular complexity index is 3330. The van der Waals surface area contributed by atoms with E-state index in [-0.39, 0.29) is 62.4 Å². The summed E-state index contributed by atoms with van der Waals surface area (Å²) in [5, 5.41) is 18.3. The highest BCUT2D eigenvalue weighted by molar-refractivity contribution is 7.80. The smallest absolute Gasteiger partial charge is 0.277 e. The van der Waals surface area contributed by atoms with Crippen molar-refractivity contribution in [3.8, 4) is 21.6 Å². The first-order valence-electron chi connectivity index (χ1n) is 27.9. The fraction of sp³-hybridized carbons (Fsp3) is 0.458. The lowest BCUT2D eigenvalue weighted by Gasteiger charge is -2.40. The minimum absolute atomic E-state index is 0.00484. The number of ketones is 1. The summed E-state index contributed by atoms with van der Waals surface area (Å²) >= 11 is -1.26. The number of nitrogens with zero attached hydrogens (tertiary/aromatic N) is 8. The number of alkyl halides is 1. The molecule has 7 heterocycles. The molecule has 5 N–H and O–H groups in total. The number of amides is 3. The van der Waals surface area contributed by atoms with Gasteiger partial charge in [0, 0.05) is 86.8 Å². The van der Waals surface area contributed by atoms with Crippen LogP contribution in [0.1, 0.15) is 86.6 Å². The van der Waals surface area contributed by atoms with Gasteiger partial charge in [-0.25, -0.2) is 32.4 Å². The largest absolute Gasteiger partial charge is 0.391 e. The quantitative estimate of drug-likeness (QED) is 0.0450. The molecule has 4 saturated heterocycles. The van der Waals surface area contributed by atoms with Crippen LogP contribution >= 0.6 is 11.3 Å². The molecule has 3 aromatic carbocycles. The Hall–Kier alpha value is -6.60. The Labute approximate surface area is 481 Å². The van der Waals surface area contributed by atoms with Crippen LogP contribution < -0.4 is 19.9 Å². The van der Waals surface area contributed by atoms with E-state index in [0.717, 1.165) is 109 Å². The molecule has 18 nitrogen and oxygen atoms in total. The van der Waals surface area contributed by atoms with Gasteiger partial charge in [0.2, 0.25) is 23.5 Å². The third kappa shape index (κ3) is 12.8. The molecule has 0 bridgehead atoms. The summed E-state index contributed by atoms with van der Waals surface area (Å²) in [5.41, 5.74) is 5.39. The molecule has 6 atom stereocenters. The van der Waals surface area contributed by atoms with Gasteiger partial charge in [-0.3, -0.25) is 33.5 Å². The maximum absolute atomic E-state index is 16.1. The summed E-state index contributed by atoms with van der Waals surface area (Å²) < 4.78 is 68.5. The van der Waals surface area contributed by atoms with Crippen molar-refractivity contribution < 1.29 is 46.2 Å². The Kier molecular flexibility index (Phi) is 17.6. The molecule has 3 aromatic heterocycles. The summed E-state index contributed by atoms with van der Waals surface area (Å²) in [6.45, 7) is 15.3. The van der Waals surface area contributed by atoms with Gasteiger partial charge in [0.1, 0.15) is 35.4 Å². The first-order chi connectivity index (χ1) is 39.2. The highest BCUT2D eigenvalue weighted by atomic mass is 32.2. The number of rotatable bonds is 17. The number of thiazole rings is 1. The number of anilines is 2. The molecular weight excluding hydrogens is 1100 g/mol. The fourth-order valence-corrected chi connectivity index (χ4v) is 13.2. The van der Waals surface area contributed by atoms with Crippen LogP contribution in [0.2, 0.25) is 0 Å². The minimum Gasteiger partial charge on any atom is -0.391 e. The van der Waals surface area contributed by atoms with Crippen LogP contribution in [0, 0.1) is 29.9 Å². The average molecular weight is 1170 g/mol. The van der Waals surface area contributed by atoms with Gasteiger partial charge in [0.15, 0.2) is 5.82 Å². The Morgan fingerprint density at radius 3 is 2.23 bits per heavy atom. The van der Waals surface area contributed by atoms with Crippen LogP contribution in [0.4, 0.5) is 24.5 Å². The highest BCUT2D eigenvalue weighted by Crippen LogP contribution is 2.35. The van der Waals surface area contributed by atoms with E-state index in [2.05, 4.69) is 40.3 Å².